The molecule has 0 saturated carbocycles. The van der Waals surface area contributed by atoms with Crippen molar-refractivity contribution in [1.82, 2.24) is 4.90 Å². The SMILES string of the molecule is CCC(=O)Nc1ccc2c(c1)N(CCN(C)C)C(=O)CO2. The lowest BCUT2D eigenvalue weighted by molar-refractivity contribution is -0.121. The van der Waals surface area contributed by atoms with Crippen molar-refractivity contribution in [2.45, 2.75) is 13.3 Å². The lowest BCUT2D eigenvalue weighted by atomic mass is 10.2. The van der Waals surface area contributed by atoms with Crippen LogP contribution in [-0.4, -0.2) is 50.5 Å². The fourth-order valence-electron chi connectivity index (χ4n) is 2.07. The van der Waals surface area contributed by atoms with E-state index in [1.807, 2.05) is 19.0 Å². The maximum atomic E-state index is 12.1. The number of amides is 2. The summed E-state index contributed by atoms with van der Waals surface area (Å²) in [6.07, 6.45) is 0.414. The maximum absolute atomic E-state index is 12.1. The van der Waals surface area contributed by atoms with Crippen LogP contribution in [-0.2, 0) is 9.59 Å². The van der Waals surface area contributed by atoms with Crippen molar-refractivity contribution in [1.29, 1.82) is 0 Å². The van der Waals surface area contributed by atoms with Gasteiger partial charge in [-0.2, -0.15) is 0 Å². The molecule has 1 N–H and O–H groups in total. The van der Waals surface area contributed by atoms with Crippen LogP contribution in [0.1, 0.15) is 13.3 Å². The van der Waals surface area contributed by atoms with Gasteiger partial charge in [-0.05, 0) is 32.3 Å². The van der Waals surface area contributed by atoms with Gasteiger partial charge in [0.15, 0.2) is 6.61 Å². The van der Waals surface area contributed by atoms with Crippen LogP contribution in [0.2, 0.25) is 0 Å². The zero-order valence-electron chi connectivity index (χ0n) is 12.7. The predicted octanol–water partition coefficient (Wildman–Crippen LogP) is 1.32. The average molecular weight is 291 g/mol. The molecule has 0 atom stereocenters. The summed E-state index contributed by atoms with van der Waals surface area (Å²) in [5, 5.41) is 2.80. The minimum Gasteiger partial charge on any atom is -0.482 e. The Morgan fingerprint density at radius 3 is 2.86 bits per heavy atom. The van der Waals surface area contributed by atoms with Gasteiger partial charge in [-0.1, -0.05) is 6.92 Å². The topological polar surface area (TPSA) is 61.9 Å². The van der Waals surface area contributed by atoms with E-state index >= 15 is 0 Å². The fraction of sp³-hybridized carbons (Fsp3) is 0.467. The first kappa shape index (κ1) is 15.3. The number of nitrogens with zero attached hydrogens (tertiary/aromatic N) is 2. The standard InChI is InChI=1S/C15H21N3O3/c1-4-14(19)16-11-5-6-13-12(9-11)18(8-7-17(2)3)15(20)10-21-13/h5-6,9H,4,7-8,10H2,1-3H3,(H,16,19). The molecule has 0 aromatic heterocycles. The molecule has 114 valence electrons. The number of carbonyl (C=O) groups excluding carboxylic acids is 2. The van der Waals surface area contributed by atoms with Crippen LogP contribution in [0.15, 0.2) is 18.2 Å². The van der Waals surface area contributed by atoms with Gasteiger partial charge in [-0.3, -0.25) is 9.59 Å². The van der Waals surface area contributed by atoms with Gasteiger partial charge in [0.25, 0.3) is 5.91 Å². The van der Waals surface area contributed by atoms with Gasteiger partial charge in [-0.15, -0.1) is 0 Å². The monoisotopic (exact) mass is 291 g/mol. The first-order valence-corrected chi connectivity index (χ1v) is 7.03. The molecule has 1 aliphatic heterocycles. The molecule has 2 amide bonds. The molecule has 1 aromatic carbocycles. The predicted molar refractivity (Wildman–Crippen MR) is 81.8 cm³/mol. The molecule has 0 radical (unpaired) electrons. The average Bonchev–Trinajstić information content (AvgIpc) is 2.45. The van der Waals surface area contributed by atoms with Gasteiger partial charge in [-0.25, -0.2) is 0 Å². The quantitative estimate of drug-likeness (QED) is 0.889. The van der Waals surface area contributed by atoms with Gasteiger partial charge in [0.1, 0.15) is 5.75 Å². The van der Waals surface area contributed by atoms with E-state index in [0.717, 1.165) is 6.54 Å². The lowest BCUT2D eigenvalue weighted by Gasteiger charge is -2.30. The van der Waals surface area contributed by atoms with Crippen LogP contribution in [0.3, 0.4) is 0 Å². The lowest BCUT2D eigenvalue weighted by Crippen LogP contribution is -2.42. The summed E-state index contributed by atoms with van der Waals surface area (Å²) < 4.78 is 5.44. The van der Waals surface area contributed by atoms with Crippen LogP contribution in [0.4, 0.5) is 11.4 Å². The third kappa shape index (κ3) is 3.72. The Balaban J connectivity index is 2.24. The Kier molecular flexibility index (Phi) is 4.80. The van der Waals surface area contributed by atoms with Crippen molar-refractivity contribution in [3.05, 3.63) is 18.2 Å². The van der Waals surface area contributed by atoms with E-state index in [4.69, 9.17) is 4.74 Å². The molecule has 0 unspecified atom stereocenters. The number of anilines is 2. The van der Waals surface area contributed by atoms with Gasteiger partial charge >= 0.3 is 0 Å². The molecule has 0 fully saturated rings. The zero-order chi connectivity index (χ0) is 15.4. The minimum absolute atomic E-state index is 0.0566. The number of benzene rings is 1. The smallest absolute Gasteiger partial charge is 0.265 e. The highest BCUT2D eigenvalue weighted by atomic mass is 16.5. The summed E-state index contributed by atoms with van der Waals surface area (Å²) in [7, 11) is 3.92. The molecule has 21 heavy (non-hydrogen) atoms. The molecule has 0 spiro atoms. The maximum Gasteiger partial charge on any atom is 0.265 e. The Bertz CT molecular complexity index is 543. The number of likely N-dealkylation sites (N-methyl/N-ethyl adjacent to an activating group) is 1. The second-order valence-corrected chi connectivity index (χ2v) is 5.22. The van der Waals surface area contributed by atoms with Gasteiger partial charge in [0.05, 0.1) is 5.69 Å². The van der Waals surface area contributed by atoms with Gasteiger partial charge in [0.2, 0.25) is 5.91 Å². The van der Waals surface area contributed by atoms with Crippen LogP contribution in [0.25, 0.3) is 0 Å². The molecule has 1 aromatic rings. The van der Waals surface area contributed by atoms with Gasteiger partial charge in [0, 0.05) is 25.2 Å². The normalized spacial score (nSPS) is 13.9. The number of nitrogens with one attached hydrogen (secondary N) is 1. The van der Waals surface area contributed by atoms with E-state index in [-0.39, 0.29) is 18.4 Å². The van der Waals surface area contributed by atoms with Crippen molar-refractivity contribution in [3.63, 3.8) is 0 Å². The third-order valence-corrected chi connectivity index (χ3v) is 3.28. The van der Waals surface area contributed by atoms with Crippen molar-refractivity contribution >= 4 is 23.2 Å². The second-order valence-electron chi connectivity index (χ2n) is 5.22. The number of hydrogen-bond acceptors (Lipinski definition) is 4. The first-order valence-electron chi connectivity index (χ1n) is 7.03. The van der Waals surface area contributed by atoms with E-state index in [9.17, 15) is 9.59 Å². The molecule has 1 aliphatic rings. The zero-order valence-corrected chi connectivity index (χ0v) is 12.7. The Hall–Kier alpha value is -2.08. The molecule has 1 heterocycles. The Morgan fingerprint density at radius 2 is 2.19 bits per heavy atom. The van der Waals surface area contributed by atoms with Crippen LogP contribution >= 0.6 is 0 Å². The summed E-state index contributed by atoms with van der Waals surface area (Å²) in [6, 6.07) is 5.36. The van der Waals surface area contributed by atoms with Crippen molar-refractivity contribution < 1.29 is 14.3 Å². The summed E-state index contributed by atoms with van der Waals surface area (Å²) in [5.41, 5.74) is 1.38. The summed E-state index contributed by atoms with van der Waals surface area (Å²) >= 11 is 0. The van der Waals surface area contributed by atoms with E-state index in [1.54, 1.807) is 30.0 Å². The van der Waals surface area contributed by atoms with E-state index in [1.165, 1.54) is 0 Å². The number of fused-ring (bicyclic) bond motifs is 1. The Labute approximate surface area is 124 Å². The number of hydrogen-bond donors (Lipinski definition) is 1. The van der Waals surface area contributed by atoms with Crippen molar-refractivity contribution in [2.24, 2.45) is 0 Å². The molecule has 0 saturated heterocycles. The second kappa shape index (κ2) is 6.58. The molecular formula is C15H21N3O3. The first-order chi connectivity index (χ1) is 10.0. The van der Waals surface area contributed by atoms with E-state index in [2.05, 4.69) is 5.32 Å². The van der Waals surface area contributed by atoms with Crippen LogP contribution < -0.4 is 15.0 Å². The van der Waals surface area contributed by atoms with Crippen molar-refractivity contribution in [2.75, 3.05) is 44.0 Å². The summed E-state index contributed by atoms with van der Waals surface area (Å²) in [5.74, 6) is 0.545. The third-order valence-electron chi connectivity index (χ3n) is 3.28. The summed E-state index contributed by atoms with van der Waals surface area (Å²) in [6.45, 7) is 3.20. The Morgan fingerprint density at radius 1 is 1.43 bits per heavy atom. The molecule has 6 heteroatoms. The van der Waals surface area contributed by atoms with Crippen molar-refractivity contribution in [3.8, 4) is 5.75 Å². The van der Waals surface area contributed by atoms with Crippen LogP contribution in [0.5, 0.6) is 5.75 Å². The largest absolute Gasteiger partial charge is 0.482 e. The molecular weight excluding hydrogens is 270 g/mol. The number of ether oxygens (including phenoxy) is 1. The molecule has 6 nitrogen and oxygen atoms in total. The molecule has 2 rings (SSSR count). The number of rotatable bonds is 5. The van der Waals surface area contributed by atoms with Gasteiger partial charge < -0.3 is 19.9 Å². The highest BCUT2D eigenvalue weighted by Crippen LogP contribution is 2.34. The fourth-order valence-corrected chi connectivity index (χ4v) is 2.07. The van der Waals surface area contributed by atoms with Crippen LogP contribution in [0, 0.1) is 0 Å². The highest BCUT2D eigenvalue weighted by Gasteiger charge is 2.25. The summed E-state index contributed by atoms with van der Waals surface area (Å²) in [4.78, 5) is 27.3. The van der Waals surface area contributed by atoms with E-state index in [0.29, 0.717) is 30.1 Å². The van der Waals surface area contributed by atoms with E-state index < -0.39 is 0 Å². The minimum atomic E-state index is -0.0664. The molecule has 0 bridgehead atoms. The molecule has 0 aliphatic carbocycles. The highest BCUT2D eigenvalue weighted by molar-refractivity contribution is 5.99. The number of carbonyl (C=O) groups is 2.